The molecule has 104 valence electrons. The number of amides is 1. The lowest BCUT2D eigenvalue weighted by molar-refractivity contribution is -0.145. The highest BCUT2D eigenvalue weighted by molar-refractivity contribution is 5.85. The van der Waals surface area contributed by atoms with Gasteiger partial charge in [-0.3, -0.25) is 4.79 Å². The van der Waals surface area contributed by atoms with Crippen LogP contribution < -0.4 is 5.32 Å². The predicted molar refractivity (Wildman–Crippen MR) is 64.3 cm³/mol. The van der Waals surface area contributed by atoms with E-state index in [1.54, 1.807) is 6.92 Å². The number of rotatable bonds is 5. The zero-order chi connectivity index (χ0) is 14.4. The highest BCUT2D eigenvalue weighted by atomic mass is 19.2. The maximum atomic E-state index is 13.0. The number of carbonyl (C=O) groups excluding carboxylic acids is 2. The molecule has 0 heterocycles. The molecular weight excluding hydrogens is 256 g/mol. The van der Waals surface area contributed by atoms with Gasteiger partial charge in [-0.05, 0) is 24.1 Å². The Hall–Kier alpha value is -1.98. The molecule has 19 heavy (non-hydrogen) atoms. The summed E-state index contributed by atoms with van der Waals surface area (Å²) in [6, 6.07) is 2.49. The molecule has 0 aliphatic rings. The van der Waals surface area contributed by atoms with Gasteiger partial charge in [-0.15, -0.1) is 0 Å². The number of hydrogen-bond acceptors (Lipinski definition) is 3. The average Bonchev–Trinajstić information content (AvgIpc) is 2.39. The van der Waals surface area contributed by atoms with Crippen LogP contribution in [0.15, 0.2) is 18.2 Å². The second-order valence-electron chi connectivity index (χ2n) is 3.98. The fourth-order valence-electron chi connectivity index (χ4n) is 1.55. The zero-order valence-electron chi connectivity index (χ0n) is 10.7. The van der Waals surface area contributed by atoms with Gasteiger partial charge in [0.05, 0.1) is 13.5 Å². The number of methoxy groups -OCH3 is 1. The van der Waals surface area contributed by atoms with Gasteiger partial charge in [0.1, 0.15) is 6.04 Å². The first-order chi connectivity index (χ1) is 8.97. The van der Waals surface area contributed by atoms with Crippen molar-refractivity contribution < 1.29 is 23.1 Å². The number of esters is 1. The molecule has 0 saturated heterocycles. The van der Waals surface area contributed by atoms with Gasteiger partial charge < -0.3 is 10.1 Å². The minimum atomic E-state index is -1.01. The first kappa shape index (κ1) is 15.1. The number of ether oxygens (including phenoxy) is 1. The summed E-state index contributed by atoms with van der Waals surface area (Å²) >= 11 is 0. The molecule has 1 aromatic carbocycles. The lowest BCUT2D eigenvalue weighted by Gasteiger charge is -2.14. The molecule has 0 aliphatic carbocycles. The Morgan fingerprint density at radius 1 is 1.32 bits per heavy atom. The Balaban J connectivity index is 2.64. The summed E-state index contributed by atoms with van der Waals surface area (Å²) in [6.07, 6.45) is 0.251. The molecule has 0 bridgehead atoms. The summed E-state index contributed by atoms with van der Waals surface area (Å²) in [5, 5.41) is 2.47. The van der Waals surface area contributed by atoms with Crippen molar-refractivity contribution in [3.05, 3.63) is 35.4 Å². The van der Waals surface area contributed by atoms with Crippen molar-refractivity contribution in [3.63, 3.8) is 0 Å². The van der Waals surface area contributed by atoms with E-state index in [9.17, 15) is 18.4 Å². The SMILES string of the molecule is CCC(NC(=O)Cc1ccc(F)c(F)c1)C(=O)OC. The van der Waals surface area contributed by atoms with Crippen LogP contribution >= 0.6 is 0 Å². The number of carbonyl (C=O) groups is 2. The Morgan fingerprint density at radius 2 is 2.00 bits per heavy atom. The predicted octanol–water partition coefficient (Wildman–Crippen LogP) is 1.58. The number of nitrogens with one attached hydrogen (secondary N) is 1. The maximum Gasteiger partial charge on any atom is 0.328 e. The van der Waals surface area contributed by atoms with E-state index in [0.29, 0.717) is 12.0 Å². The summed E-state index contributed by atoms with van der Waals surface area (Å²) in [7, 11) is 1.23. The topological polar surface area (TPSA) is 55.4 Å². The van der Waals surface area contributed by atoms with Crippen LogP contribution in [0.3, 0.4) is 0 Å². The van der Waals surface area contributed by atoms with Crippen molar-refractivity contribution >= 4 is 11.9 Å². The molecule has 1 aromatic rings. The molecule has 1 rings (SSSR count). The highest BCUT2D eigenvalue weighted by Crippen LogP contribution is 2.09. The summed E-state index contributed by atoms with van der Waals surface area (Å²) in [4.78, 5) is 22.9. The fourth-order valence-corrected chi connectivity index (χ4v) is 1.55. The molecule has 1 unspecified atom stereocenters. The van der Waals surface area contributed by atoms with Gasteiger partial charge in [0, 0.05) is 0 Å². The summed E-state index contributed by atoms with van der Waals surface area (Å²) in [6.45, 7) is 1.72. The second-order valence-corrected chi connectivity index (χ2v) is 3.98. The molecule has 0 aromatic heterocycles. The lowest BCUT2D eigenvalue weighted by Crippen LogP contribution is -2.41. The van der Waals surface area contributed by atoms with Crippen LogP contribution in [-0.2, 0) is 20.7 Å². The molecule has 0 aliphatic heterocycles. The minimum Gasteiger partial charge on any atom is -0.467 e. The van der Waals surface area contributed by atoms with Crippen molar-refractivity contribution in [3.8, 4) is 0 Å². The second kappa shape index (κ2) is 6.82. The Morgan fingerprint density at radius 3 is 2.53 bits per heavy atom. The van der Waals surface area contributed by atoms with E-state index in [1.165, 1.54) is 13.2 Å². The molecule has 4 nitrogen and oxygen atoms in total. The van der Waals surface area contributed by atoms with Crippen LogP contribution in [0.5, 0.6) is 0 Å². The monoisotopic (exact) mass is 271 g/mol. The molecule has 1 N–H and O–H groups in total. The number of halogens is 2. The van der Waals surface area contributed by atoms with Gasteiger partial charge in [-0.2, -0.15) is 0 Å². The molecule has 1 amide bonds. The largest absolute Gasteiger partial charge is 0.467 e. The van der Waals surface area contributed by atoms with Crippen LogP contribution in [-0.4, -0.2) is 25.0 Å². The Labute approximate surface area is 109 Å². The third-order valence-corrected chi connectivity index (χ3v) is 2.58. The van der Waals surface area contributed by atoms with Crippen molar-refractivity contribution in [2.24, 2.45) is 0 Å². The van der Waals surface area contributed by atoms with E-state index in [-0.39, 0.29) is 6.42 Å². The quantitative estimate of drug-likeness (QED) is 0.827. The highest BCUT2D eigenvalue weighted by Gasteiger charge is 2.19. The normalized spacial score (nSPS) is 11.8. The summed E-state index contributed by atoms with van der Waals surface area (Å²) < 4.78 is 30.2. The van der Waals surface area contributed by atoms with Gasteiger partial charge in [0.15, 0.2) is 11.6 Å². The van der Waals surface area contributed by atoms with Crippen molar-refractivity contribution in [2.75, 3.05) is 7.11 Å². The van der Waals surface area contributed by atoms with Crippen molar-refractivity contribution in [1.29, 1.82) is 0 Å². The minimum absolute atomic E-state index is 0.134. The third kappa shape index (κ3) is 4.31. The summed E-state index contributed by atoms with van der Waals surface area (Å²) in [5.41, 5.74) is 0.330. The number of hydrogen-bond donors (Lipinski definition) is 1. The van der Waals surface area contributed by atoms with Crippen LogP contribution in [0, 0.1) is 11.6 Å². The van der Waals surface area contributed by atoms with E-state index in [1.807, 2.05) is 0 Å². The molecular formula is C13H15F2NO3. The molecule has 1 atom stereocenters. The number of benzene rings is 1. The van der Waals surface area contributed by atoms with Crippen LogP contribution in [0.4, 0.5) is 8.78 Å². The van der Waals surface area contributed by atoms with E-state index in [2.05, 4.69) is 10.1 Å². The van der Waals surface area contributed by atoms with E-state index >= 15 is 0 Å². The first-order valence-corrected chi connectivity index (χ1v) is 5.79. The fraction of sp³-hybridized carbons (Fsp3) is 0.385. The van der Waals surface area contributed by atoms with E-state index < -0.39 is 29.6 Å². The van der Waals surface area contributed by atoms with Gasteiger partial charge in [-0.1, -0.05) is 13.0 Å². The first-order valence-electron chi connectivity index (χ1n) is 5.79. The average molecular weight is 271 g/mol. The van der Waals surface area contributed by atoms with E-state index in [4.69, 9.17) is 0 Å². The van der Waals surface area contributed by atoms with Crippen LogP contribution in [0.2, 0.25) is 0 Å². The molecule has 0 radical (unpaired) electrons. The standard InChI is InChI=1S/C13H15F2NO3/c1-3-11(13(18)19-2)16-12(17)7-8-4-5-9(14)10(15)6-8/h4-6,11H,3,7H2,1-2H3,(H,16,17). The van der Waals surface area contributed by atoms with Crippen LogP contribution in [0.25, 0.3) is 0 Å². The van der Waals surface area contributed by atoms with Gasteiger partial charge >= 0.3 is 5.97 Å². The van der Waals surface area contributed by atoms with Crippen molar-refractivity contribution in [2.45, 2.75) is 25.8 Å². The van der Waals surface area contributed by atoms with Crippen LogP contribution in [0.1, 0.15) is 18.9 Å². The third-order valence-electron chi connectivity index (χ3n) is 2.58. The van der Waals surface area contributed by atoms with Gasteiger partial charge in [-0.25, -0.2) is 13.6 Å². The molecule has 0 spiro atoms. The Bertz CT molecular complexity index is 477. The van der Waals surface area contributed by atoms with Crippen molar-refractivity contribution in [1.82, 2.24) is 5.32 Å². The smallest absolute Gasteiger partial charge is 0.328 e. The summed E-state index contributed by atoms with van der Waals surface area (Å²) in [5.74, 6) is -2.97. The van der Waals surface area contributed by atoms with Gasteiger partial charge in [0.25, 0.3) is 0 Å². The lowest BCUT2D eigenvalue weighted by atomic mass is 10.1. The molecule has 0 fully saturated rings. The molecule has 0 saturated carbocycles. The molecule has 6 heteroatoms. The van der Waals surface area contributed by atoms with E-state index in [0.717, 1.165) is 12.1 Å². The Kier molecular flexibility index (Phi) is 5.41. The zero-order valence-corrected chi connectivity index (χ0v) is 10.7. The van der Waals surface area contributed by atoms with Gasteiger partial charge in [0.2, 0.25) is 5.91 Å². The maximum absolute atomic E-state index is 13.0.